The third-order valence-corrected chi connectivity index (χ3v) is 5.09. The number of nitrogens with zero attached hydrogens (tertiary/aromatic N) is 3. The lowest BCUT2D eigenvalue weighted by atomic mass is 9.94. The van der Waals surface area contributed by atoms with Gasteiger partial charge in [-0.1, -0.05) is 12.1 Å². The molecule has 1 aromatic carbocycles. The summed E-state index contributed by atoms with van der Waals surface area (Å²) in [5.41, 5.74) is 3.63. The topological polar surface area (TPSA) is 71.1 Å². The molecule has 0 radical (unpaired) electrons. The van der Waals surface area contributed by atoms with Gasteiger partial charge in [-0.2, -0.15) is 5.10 Å². The Labute approximate surface area is 158 Å². The van der Waals surface area contributed by atoms with Gasteiger partial charge in [-0.05, 0) is 49.1 Å². The highest BCUT2D eigenvalue weighted by Crippen LogP contribution is 2.37. The molecular formula is C21H22N4O2. The summed E-state index contributed by atoms with van der Waals surface area (Å²) in [6.45, 7) is 0.719. The summed E-state index contributed by atoms with van der Waals surface area (Å²) in [7, 11) is 1.59. The van der Waals surface area contributed by atoms with Crippen LogP contribution in [0.5, 0.6) is 5.75 Å². The van der Waals surface area contributed by atoms with E-state index in [1.54, 1.807) is 19.5 Å². The number of benzene rings is 1. The molecule has 0 bridgehead atoms. The van der Waals surface area contributed by atoms with E-state index in [4.69, 9.17) is 4.74 Å². The number of hydrogen-bond acceptors (Lipinski definition) is 4. The number of pyridine rings is 1. The Morgan fingerprint density at radius 2 is 2.00 bits per heavy atom. The van der Waals surface area contributed by atoms with E-state index in [0.29, 0.717) is 11.3 Å². The molecule has 0 unspecified atom stereocenters. The van der Waals surface area contributed by atoms with E-state index in [1.807, 2.05) is 47.5 Å². The molecule has 1 amide bonds. The Kier molecular flexibility index (Phi) is 4.87. The Balaban J connectivity index is 1.70. The van der Waals surface area contributed by atoms with E-state index in [9.17, 15) is 4.79 Å². The molecule has 27 heavy (non-hydrogen) atoms. The number of para-hydroxylation sites is 1. The molecule has 1 N–H and O–H groups in total. The fourth-order valence-corrected chi connectivity index (χ4v) is 3.76. The minimum atomic E-state index is -0.0400. The van der Waals surface area contributed by atoms with Crippen LogP contribution < -0.4 is 4.74 Å². The largest absolute Gasteiger partial charge is 0.496 e. The van der Waals surface area contributed by atoms with Crippen LogP contribution in [0.4, 0.5) is 0 Å². The predicted octanol–water partition coefficient (Wildman–Crippen LogP) is 3.85. The number of nitrogens with one attached hydrogen (secondary N) is 1. The summed E-state index contributed by atoms with van der Waals surface area (Å²) < 4.78 is 5.40. The fourth-order valence-electron chi connectivity index (χ4n) is 3.76. The number of rotatable bonds is 4. The highest BCUT2D eigenvalue weighted by atomic mass is 16.5. The standard InChI is InChI=1S/C21H22N4O2/c1-27-19-8-3-2-6-16(19)21(26)25-13-5-4-7-18(25)20-17(14-23-24-20)15-9-11-22-12-10-15/h2-3,6,8-12,14,18H,4-5,7,13H2,1H3,(H,23,24)/t18-/m1/s1. The molecule has 3 aromatic rings. The molecule has 0 spiro atoms. The third-order valence-electron chi connectivity index (χ3n) is 5.09. The molecule has 1 fully saturated rings. The number of amides is 1. The number of ether oxygens (including phenoxy) is 1. The number of piperidine rings is 1. The van der Waals surface area contributed by atoms with Gasteiger partial charge in [-0.3, -0.25) is 14.9 Å². The van der Waals surface area contributed by atoms with Crippen molar-refractivity contribution in [1.29, 1.82) is 0 Å². The number of aromatic nitrogens is 3. The molecule has 138 valence electrons. The minimum Gasteiger partial charge on any atom is -0.496 e. The third kappa shape index (κ3) is 3.30. The molecule has 1 atom stereocenters. The first-order valence-electron chi connectivity index (χ1n) is 9.17. The number of carbonyl (C=O) groups excluding carboxylic acids is 1. The summed E-state index contributed by atoms with van der Waals surface area (Å²) in [5, 5.41) is 7.41. The minimum absolute atomic E-state index is 0.00701. The molecule has 2 aromatic heterocycles. The van der Waals surface area contributed by atoms with Crippen LogP contribution in [0.3, 0.4) is 0 Å². The van der Waals surface area contributed by atoms with Crippen molar-refractivity contribution in [2.24, 2.45) is 0 Å². The van der Waals surface area contributed by atoms with Crippen LogP contribution in [-0.2, 0) is 0 Å². The lowest BCUT2D eigenvalue weighted by Crippen LogP contribution is -2.39. The Morgan fingerprint density at radius 1 is 1.19 bits per heavy atom. The Hall–Kier alpha value is -3.15. The fraction of sp³-hybridized carbons (Fsp3) is 0.286. The number of hydrogen-bond donors (Lipinski definition) is 1. The van der Waals surface area contributed by atoms with Crippen LogP contribution in [0, 0.1) is 0 Å². The summed E-state index contributed by atoms with van der Waals surface area (Å²) in [4.78, 5) is 19.4. The maximum Gasteiger partial charge on any atom is 0.258 e. The molecule has 0 aliphatic carbocycles. The van der Waals surface area contributed by atoms with Crippen LogP contribution in [0.1, 0.15) is 41.4 Å². The average Bonchev–Trinajstić information content (AvgIpc) is 3.23. The van der Waals surface area contributed by atoms with E-state index < -0.39 is 0 Å². The number of methoxy groups -OCH3 is 1. The second kappa shape index (κ2) is 7.61. The van der Waals surface area contributed by atoms with E-state index in [1.165, 1.54) is 0 Å². The van der Waals surface area contributed by atoms with Crippen molar-refractivity contribution < 1.29 is 9.53 Å². The van der Waals surface area contributed by atoms with Gasteiger partial charge in [0.1, 0.15) is 5.75 Å². The van der Waals surface area contributed by atoms with Gasteiger partial charge in [0.25, 0.3) is 5.91 Å². The lowest BCUT2D eigenvalue weighted by Gasteiger charge is -2.36. The van der Waals surface area contributed by atoms with E-state index in [2.05, 4.69) is 15.2 Å². The maximum atomic E-state index is 13.3. The van der Waals surface area contributed by atoms with E-state index in [0.717, 1.165) is 42.6 Å². The van der Waals surface area contributed by atoms with Gasteiger partial charge >= 0.3 is 0 Å². The van der Waals surface area contributed by atoms with Crippen LogP contribution in [0.2, 0.25) is 0 Å². The van der Waals surface area contributed by atoms with Crippen molar-refractivity contribution in [3.8, 4) is 16.9 Å². The van der Waals surface area contributed by atoms with Crippen molar-refractivity contribution in [3.63, 3.8) is 0 Å². The first-order chi connectivity index (χ1) is 13.3. The van der Waals surface area contributed by atoms with Gasteiger partial charge < -0.3 is 9.64 Å². The smallest absolute Gasteiger partial charge is 0.258 e. The summed E-state index contributed by atoms with van der Waals surface area (Å²) in [5.74, 6) is 0.596. The van der Waals surface area contributed by atoms with Crippen LogP contribution >= 0.6 is 0 Å². The molecular weight excluding hydrogens is 340 g/mol. The zero-order chi connectivity index (χ0) is 18.6. The van der Waals surface area contributed by atoms with Crippen molar-refractivity contribution in [2.75, 3.05) is 13.7 Å². The number of aromatic amines is 1. The molecule has 0 saturated carbocycles. The van der Waals surface area contributed by atoms with Gasteiger partial charge in [0, 0.05) is 24.5 Å². The first-order valence-corrected chi connectivity index (χ1v) is 9.17. The lowest BCUT2D eigenvalue weighted by molar-refractivity contribution is 0.0603. The van der Waals surface area contributed by atoms with Crippen LogP contribution in [0.15, 0.2) is 55.0 Å². The molecule has 4 rings (SSSR count). The first kappa shape index (κ1) is 17.3. The van der Waals surface area contributed by atoms with Gasteiger partial charge in [0.05, 0.1) is 30.6 Å². The molecule has 6 nitrogen and oxygen atoms in total. The van der Waals surface area contributed by atoms with Crippen molar-refractivity contribution >= 4 is 5.91 Å². The monoisotopic (exact) mass is 362 g/mol. The van der Waals surface area contributed by atoms with Crippen molar-refractivity contribution in [3.05, 3.63) is 66.2 Å². The van der Waals surface area contributed by atoms with Crippen molar-refractivity contribution in [1.82, 2.24) is 20.1 Å². The maximum absolute atomic E-state index is 13.3. The highest BCUT2D eigenvalue weighted by Gasteiger charge is 2.32. The average molecular weight is 362 g/mol. The summed E-state index contributed by atoms with van der Waals surface area (Å²) in [6.07, 6.45) is 8.34. The molecule has 1 saturated heterocycles. The van der Waals surface area contributed by atoms with Gasteiger partial charge in [-0.25, -0.2) is 0 Å². The van der Waals surface area contributed by atoms with Crippen molar-refractivity contribution in [2.45, 2.75) is 25.3 Å². The quantitative estimate of drug-likeness (QED) is 0.765. The van der Waals surface area contributed by atoms with Crippen LogP contribution in [0.25, 0.3) is 11.1 Å². The molecule has 1 aliphatic heterocycles. The Bertz CT molecular complexity index is 923. The second-order valence-corrected chi connectivity index (χ2v) is 6.64. The second-order valence-electron chi connectivity index (χ2n) is 6.64. The van der Waals surface area contributed by atoms with Gasteiger partial charge in [0.15, 0.2) is 0 Å². The van der Waals surface area contributed by atoms with Crippen LogP contribution in [-0.4, -0.2) is 39.6 Å². The van der Waals surface area contributed by atoms with Gasteiger partial charge in [0.2, 0.25) is 0 Å². The molecule has 1 aliphatic rings. The number of likely N-dealkylation sites (tertiary alicyclic amines) is 1. The Morgan fingerprint density at radius 3 is 2.81 bits per heavy atom. The SMILES string of the molecule is COc1ccccc1C(=O)N1CCCC[C@@H]1c1[nH]ncc1-c1ccncc1. The summed E-state index contributed by atoms with van der Waals surface area (Å²) >= 11 is 0. The molecule has 3 heterocycles. The van der Waals surface area contributed by atoms with E-state index in [-0.39, 0.29) is 11.9 Å². The zero-order valence-electron chi connectivity index (χ0n) is 15.3. The van der Waals surface area contributed by atoms with E-state index >= 15 is 0 Å². The molecule has 6 heteroatoms. The number of H-pyrrole nitrogens is 1. The normalized spacial score (nSPS) is 16.9. The highest BCUT2D eigenvalue weighted by molar-refractivity contribution is 5.97. The number of carbonyl (C=O) groups is 1. The zero-order valence-corrected chi connectivity index (χ0v) is 15.3. The summed E-state index contributed by atoms with van der Waals surface area (Å²) in [6, 6.07) is 11.3. The van der Waals surface area contributed by atoms with Gasteiger partial charge in [-0.15, -0.1) is 0 Å². The predicted molar refractivity (Wildman–Crippen MR) is 102 cm³/mol.